The summed E-state index contributed by atoms with van der Waals surface area (Å²) < 4.78 is 4.86. The molecule has 4 heteroatoms. The Morgan fingerprint density at radius 3 is 2.72 bits per heavy atom. The van der Waals surface area contributed by atoms with Crippen LogP contribution in [0.4, 0.5) is 4.79 Å². The SMILES string of the molecule is COCCNC(=O)NC(C)CCc1ccccc1. The maximum absolute atomic E-state index is 11.5. The summed E-state index contributed by atoms with van der Waals surface area (Å²) in [6, 6.07) is 10.3. The molecule has 0 radical (unpaired) electrons. The highest BCUT2D eigenvalue weighted by molar-refractivity contribution is 5.74. The molecule has 0 aliphatic rings. The molecule has 1 aromatic carbocycles. The van der Waals surface area contributed by atoms with Crippen molar-refractivity contribution in [2.45, 2.75) is 25.8 Å². The predicted molar refractivity (Wildman–Crippen MR) is 72.6 cm³/mol. The van der Waals surface area contributed by atoms with E-state index in [2.05, 4.69) is 22.8 Å². The average molecular weight is 250 g/mol. The molecular formula is C14H22N2O2. The maximum Gasteiger partial charge on any atom is 0.315 e. The molecule has 0 spiro atoms. The molecule has 0 saturated carbocycles. The molecule has 0 aromatic heterocycles. The Balaban J connectivity index is 2.17. The summed E-state index contributed by atoms with van der Waals surface area (Å²) in [5.41, 5.74) is 1.30. The van der Waals surface area contributed by atoms with E-state index in [4.69, 9.17) is 4.74 Å². The quantitative estimate of drug-likeness (QED) is 0.727. The lowest BCUT2D eigenvalue weighted by Crippen LogP contribution is -2.42. The van der Waals surface area contributed by atoms with Gasteiger partial charge in [0.2, 0.25) is 0 Å². The van der Waals surface area contributed by atoms with Crippen LogP contribution in [0, 0.1) is 0 Å². The number of carbonyl (C=O) groups is 1. The zero-order valence-corrected chi connectivity index (χ0v) is 11.1. The predicted octanol–water partition coefficient (Wildman–Crippen LogP) is 1.95. The number of rotatable bonds is 7. The van der Waals surface area contributed by atoms with Gasteiger partial charge in [-0.1, -0.05) is 30.3 Å². The van der Waals surface area contributed by atoms with Gasteiger partial charge in [0.1, 0.15) is 0 Å². The van der Waals surface area contributed by atoms with Crippen LogP contribution in [0.15, 0.2) is 30.3 Å². The lowest BCUT2D eigenvalue weighted by Gasteiger charge is -2.14. The minimum absolute atomic E-state index is 0.132. The molecule has 1 atom stereocenters. The monoisotopic (exact) mass is 250 g/mol. The fraction of sp³-hybridized carbons (Fsp3) is 0.500. The van der Waals surface area contributed by atoms with Gasteiger partial charge in [0.25, 0.3) is 0 Å². The van der Waals surface area contributed by atoms with Gasteiger partial charge in [0.15, 0.2) is 0 Å². The number of aryl methyl sites for hydroxylation is 1. The van der Waals surface area contributed by atoms with Crippen molar-refractivity contribution in [3.8, 4) is 0 Å². The average Bonchev–Trinajstić information content (AvgIpc) is 2.38. The third kappa shape index (κ3) is 6.25. The minimum atomic E-state index is -0.132. The van der Waals surface area contributed by atoms with E-state index in [1.165, 1.54) is 5.56 Å². The molecule has 0 aliphatic carbocycles. The summed E-state index contributed by atoms with van der Waals surface area (Å²) in [6.07, 6.45) is 1.90. The number of methoxy groups -OCH3 is 1. The molecule has 0 fully saturated rings. The van der Waals surface area contributed by atoms with E-state index in [-0.39, 0.29) is 12.1 Å². The molecule has 2 amide bonds. The van der Waals surface area contributed by atoms with E-state index in [0.717, 1.165) is 12.8 Å². The molecule has 0 aliphatic heterocycles. The number of hydrogen-bond acceptors (Lipinski definition) is 2. The van der Waals surface area contributed by atoms with Crippen LogP contribution in [0.2, 0.25) is 0 Å². The minimum Gasteiger partial charge on any atom is -0.383 e. The Kier molecular flexibility index (Phi) is 6.87. The van der Waals surface area contributed by atoms with Gasteiger partial charge in [-0.25, -0.2) is 4.79 Å². The molecule has 4 nitrogen and oxygen atoms in total. The molecule has 1 rings (SSSR count). The number of hydrogen-bond donors (Lipinski definition) is 2. The fourth-order valence-electron chi connectivity index (χ4n) is 1.64. The lowest BCUT2D eigenvalue weighted by atomic mass is 10.1. The van der Waals surface area contributed by atoms with Crippen molar-refractivity contribution in [2.24, 2.45) is 0 Å². The Morgan fingerprint density at radius 2 is 2.06 bits per heavy atom. The Hall–Kier alpha value is -1.55. The van der Waals surface area contributed by atoms with Crippen LogP contribution in [-0.2, 0) is 11.2 Å². The number of nitrogens with one attached hydrogen (secondary N) is 2. The van der Waals surface area contributed by atoms with Crippen molar-refractivity contribution in [1.82, 2.24) is 10.6 Å². The van der Waals surface area contributed by atoms with Crippen molar-refractivity contribution in [3.63, 3.8) is 0 Å². The van der Waals surface area contributed by atoms with Crippen molar-refractivity contribution in [2.75, 3.05) is 20.3 Å². The summed E-state index contributed by atoms with van der Waals surface area (Å²) >= 11 is 0. The van der Waals surface area contributed by atoms with Gasteiger partial charge in [0, 0.05) is 19.7 Å². The first-order chi connectivity index (χ1) is 8.72. The highest BCUT2D eigenvalue weighted by atomic mass is 16.5. The van der Waals surface area contributed by atoms with E-state index in [9.17, 15) is 4.79 Å². The van der Waals surface area contributed by atoms with Crippen molar-refractivity contribution < 1.29 is 9.53 Å². The third-order valence-corrected chi connectivity index (χ3v) is 2.68. The molecular weight excluding hydrogens is 228 g/mol. The van der Waals surface area contributed by atoms with E-state index >= 15 is 0 Å². The van der Waals surface area contributed by atoms with Gasteiger partial charge in [-0.05, 0) is 25.3 Å². The van der Waals surface area contributed by atoms with Gasteiger partial charge >= 0.3 is 6.03 Å². The summed E-state index contributed by atoms with van der Waals surface area (Å²) in [5, 5.41) is 5.64. The lowest BCUT2D eigenvalue weighted by molar-refractivity contribution is 0.195. The second kappa shape index (κ2) is 8.53. The fourth-order valence-corrected chi connectivity index (χ4v) is 1.64. The molecule has 0 bridgehead atoms. The second-order valence-corrected chi connectivity index (χ2v) is 4.32. The molecule has 0 heterocycles. The van der Waals surface area contributed by atoms with Crippen molar-refractivity contribution in [1.29, 1.82) is 0 Å². The van der Waals surface area contributed by atoms with Crippen LogP contribution in [0.5, 0.6) is 0 Å². The standard InChI is InChI=1S/C14H22N2O2/c1-12(16-14(17)15-10-11-18-2)8-9-13-6-4-3-5-7-13/h3-7,12H,8-11H2,1-2H3,(H2,15,16,17). The Bertz CT molecular complexity index is 341. The highest BCUT2D eigenvalue weighted by Crippen LogP contribution is 2.04. The van der Waals surface area contributed by atoms with Gasteiger partial charge in [-0.3, -0.25) is 0 Å². The van der Waals surface area contributed by atoms with Crippen molar-refractivity contribution in [3.05, 3.63) is 35.9 Å². The molecule has 1 aromatic rings. The number of amides is 2. The number of benzene rings is 1. The largest absolute Gasteiger partial charge is 0.383 e. The number of ether oxygens (including phenoxy) is 1. The van der Waals surface area contributed by atoms with Gasteiger partial charge in [-0.2, -0.15) is 0 Å². The highest BCUT2D eigenvalue weighted by Gasteiger charge is 2.06. The molecule has 2 N–H and O–H groups in total. The van der Waals surface area contributed by atoms with E-state index < -0.39 is 0 Å². The zero-order chi connectivity index (χ0) is 13.2. The molecule has 1 unspecified atom stereocenters. The number of urea groups is 1. The molecule has 0 saturated heterocycles. The van der Waals surface area contributed by atoms with Crippen LogP contribution in [-0.4, -0.2) is 32.3 Å². The van der Waals surface area contributed by atoms with E-state index in [1.54, 1.807) is 7.11 Å². The van der Waals surface area contributed by atoms with E-state index in [1.807, 2.05) is 25.1 Å². The first-order valence-corrected chi connectivity index (χ1v) is 6.29. The Labute approximate surface area is 109 Å². The smallest absolute Gasteiger partial charge is 0.315 e. The zero-order valence-electron chi connectivity index (χ0n) is 11.1. The second-order valence-electron chi connectivity index (χ2n) is 4.32. The van der Waals surface area contributed by atoms with Crippen LogP contribution < -0.4 is 10.6 Å². The third-order valence-electron chi connectivity index (χ3n) is 2.68. The van der Waals surface area contributed by atoms with Crippen molar-refractivity contribution >= 4 is 6.03 Å². The first kappa shape index (κ1) is 14.5. The summed E-state index contributed by atoms with van der Waals surface area (Å²) in [4.78, 5) is 11.5. The van der Waals surface area contributed by atoms with Crippen LogP contribution >= 0.6 is 0 Å². The molecule has 100 valence electrons. The van der Waals surface area contributed by atoms with Crippen LogP contribution in [0.1, 0.15) is 18.9 Å². The van der Waals surface area contributed by atoms with Crippen LogP contribution in [0.25, 0.3) is 0 Å². The summed E-state index contributed by atoms with van der Waals surface area (Å²) in [6.45, 7) is 3.08. The maximum atomic E-state index is 11.5. The van der Waals surface area contributed by atoms with Gasteiger partial charge in [-0.15, -0.1) is 0 Å². The normalized spacial score (nSPS) is 11.9. The number of carbonyl (C=O) groups excluding carboxylic acids is 1. The van der Waals surface area contributed by atoms with E-state index in [0.29, 0.717) is 13.2 Å². The summed E-state index contributed by atoms with van der Waals surface area (Å²) in [5.74, 6) is 0. The van der Waals surface area contributed by atoms with Crippen LogP contribution in [0.3, 0.4) is 0 Å². The Morgan fingerprint density at radius 1 is 1.33 bits per heavy atom. The molecule has 18 heavy (non-hydrogen) atoms. The van der Waals surface area contributed by atoms with Gasteiger partial charge < -0.3 is 15.4 Å². The van der Waals surface area contributed by atoms with Gasteiger partial charge in [0.05, 0.1) is 6.61 Å². The topological polar surface area (TPSA) is 50.4 Å². The first-order valence-electron chi connectivity index (χ1n) is 6.29. The summed E-state index contributed by atoms with van der Waals surface area (Å²) in [7, 11) is 1.61.